The van der Waals surface area contributed by atoms with E-state index in [4.69, 9.17) is 25.8 Å². The van der Waals surface area contributed by atoms with E-state index in [-0.39, 0.29) is 12.5 Å². The summed E-state index contributed by atoms with van der Waals surface area (Å²) in [5.41, 5.74) is 1.63. The van der Waals surface area contributed by atoms with Crippen LogP contribution in [0.3, 0.4) is 0 Å². The van der Waals surface area contributed by atoms with E-state index in [0.29, 0.717) is 28.8 Å². The van der Waals surface area contributed by atoms with Gasteiger partial charge in [0.05, 0.1) is 38.6 Å². The predicted molar refractivity (Wildman–Crippen MR) is 120 cm³/mol. The fraction of sp³-hybridized carbons (Fsp3) is 0.261. The Labute approximate surface area is 181 Å². The third-order valence-electron chi connectivity index (χ3n) is 4.73. The van der Waals surface area contributed by atoms with Gasteiger partial charge in [-0.1, -0.05) is 29.8 Å². The second-order valence-electron chi connectivity index (χ2n) is 6.95. The molecule has 0 aliphatic carbocycles. The van der Waals surface area contributed by atoms with Crippen LogP contribution in [-0.2, 0) is 11.3 Å². The van der Waals surface area contributed by atoms with Crippen LogP contribution in [0.5, 0.6) is 17.2 Å². The number of likely N-dealkylation sites (N-methyl/N-ethyl adjacent to an activating group) is 1. The molecule has 0 bridgehead atoms. The molecule has 0 unspecified atom stereocenters. The standard InChI is InChI=1S/C23H25ClN2O4/c1-26(13-15-5-6-17-10-18(28-2)8-7-16(17)9-15)14-23(27)25-20-12-21(29-3)19(24)11-22(20)30-4/h5-12H,13-14H2,1-4H3,(H,25,27). The normalized spacial score (nSPS) is 10.9. The summed E-state index contributed by atoms with van der Waals surface area (Å²) < 4.78 is 15.8. The Balaban J connectivity index is 1.65. The number of halogens is 1. The van der Waals surface area contributed by atoms with Crippen LogP contribution in [0.25, 0.3) is 10.8 Å². The molecule has 1 N–H and O–H groups in total. The predicted octanol–water partition coefficient (Wildman–Crippen LogP) is 4.59. The van der Waals surface area contributed by atoms with E-state index in [1.54, 1.807) is 19.2 Å². The number of hydrogen-bond donors (Lipinski definition) is 1. The van der Waals surface area contributed by atoms with E-state index in [2.05, 4.69) is 23.5 Å². The van der Waals surface area contributed by atoms with Crippen LogP contribution in [0, 0.1) is 0 Å². The number of rotatable bonds is 8. The summed E-state index contributed by atoms with van der Waals surface area (Å²) in [6.45, 7) is 0.852. The fourth-order valence-electron chi connectivity index (χ4n) is 3.26. The molecule has 0 aliphatic rings. The number of amides is 1. The lowest BCUT2D eigenvalue weighted by Crippen LogP contribution is -2.30. The molecule has 1 amide bonds. The number of fused-ring (bicyclic) bond motifs is 1. The molecule has 0 saturated carbocycles. The van der Waals surface area contributed by atoms with Gasteiger partial charge in [-0.3, -0.25) is 9.69 Å². The first-order valence-corrected chi connectivity index (χ1v) is 9.78. The lowest BCUT2D eigenvalue weighted by atomic mass is 10.1. The van der Waals surface area contributed by atoms with E-state index in [1.165, 1.54) is 14.2 Å². The Morgan fingerprint density at radius 3 is 2.33 bits per heavy atom. The van der Waals surface area contributed by atoms with Crippen molar-refractivity contribution in [2.45, 2.75) is 6.54 Å². The number of nitrogens with one attached hydrogen (secondary N) is 1. The van der Waals surface area contributed by atoms with E-state index in [0.717, 1.165) is 22.1 Å². The van der Waals surface area contributed by atoms with Crippen LogP contribution in [0.2, 0.25) is 5.02 Å². The Morgan fingerprint density at radius 2 is 1.63 bits per heavy atom. The van der Waals surface area contributed by atoms with Crippen LogP contribution in [0.1, 0.15) is 5.56 Å². The molecular formula is C23H25ClN2O4. The third kappa shape index (κ3) is 5.14. The minimum absolute atomic E-state index is 0.161. The van der Waals surface area contributed by atoms with Crippen molar-refractivity contribution in [2.75, 3.05) is 40.2 Å². The largest absolute Gasteiger partial charge is 0.497 e. The van der Waals surface area contributed by atoms with Gasteiger partial charge in [0.25, 0.3) is 0 Å². The molecular weight excluding hydrogens is 404 g/mol. The zero-order chi connectivity index (χ0) is 21.7. The van der Waals surface area contributed by atoms with Crippen LogP contribution in [0.15, 0.2) is 48.5 Å². The van der Waals surface area contributed by atoms with E-state index in [1.807, 2.05) is 30.1 Å². The van der Waals surface area contributed by atoms with Crippen molar-refractivity contribution in [2.24, 2.45) is 0 Å². The maximum Gasteiger partial charge on any atom is 0.238 e. The summed E-state index contributed by atoms with van der Waals surface area (Å²) >= 11 is 6.12. The molecule has 7 heteroatoms. The van der Waals surface area contributed by atoms with Crippen molar-refractivity contribution in [3.8, 4) is 17.2 Å². The first kappa shape index (κ1) is 21.7. The first-order chi connectivity index (χ1) is 14.4. The van der Waals surface area contributed by atoms with Crippen molar-refractivity contribution in [1.82, 2.24) is 4.90 Å². The molecule has 0 spiro atoms. The number of hydrogen-bond acceptors (Lipinski definition) is 5. The molecule has 3 aromatic carbocycles. The van der Waals surface area contributed by atoms with Gasteiger partial charge in [-0.25, -0.2) is 0 Å². The smallest absolute Gasteiger partial charge is 0.238 e. The van der Waals surface area contributed by atoms with Crippen molar-refractivity contribution in [3.05, 3.63) is 59.1 Å². The highest BCUT2D eigenvalue weighted by Crippen LogP contribution is 2.35. The molecule has 0 saturated heterocycles. The first-order valence-electron chi connectivity index (χ1n) is 9.40. The number of anilines is 1. The van der Waals surface area contributed by atoms with Crippen molar-refractivity contribution < 1.29 is 19.0 Å². The van der Waals surface area contributed by atoms with Crippen LogP contribution in [-0.4, -0.2) is 45.7 Å². The average molecular weight is 429 g/mol. The van der Waals surface area contributed by atoms with Gasteiger partial charge in [-0.15, -0.1) is 0 Å². The van der Waals surface area contributed by atoms with Gasteiger partial charge in [0, 0.05) is 18.7 Å². The topological polar surface area (TPSA) is 60.0 Å². The Morgan fingerprint density at radius 1 is 0.933 bits per heavy atom. The molecule has 3 aromatic rings. The van der Waals surface area contributed by atoms with Gasteiger partial charge in [-0.05, 0) is 41.6 Å². The maximum atomic E-state index is 12.6. The van der Waals surface area contributed by atoms with Crippen molar-refractivity contribution in [1.29, 1.82) is 0 Å². The van der Waals surface area contributed by atoms with Gasteiger partial charge >= 0.3 is 0 Å². The Bertz CT molecular complexity index is 1050. The van der Waals surface area contributed by atoms with Gasteiger partial charge < -0.3 is 19.5 Å². The van der Waals surface area contributed by atoms with Crippen molar-refractivity contribution in [3.63, 3.8) is 0 Å². The minimum atomic E-state index is -0.161. The van der Waals surface area contributed by atoms with Gasteiger partial charge in [0.2, 0.25) is 5.91 Å². The highest BCUT2D eigenvalue weighted by molar-refractivity contribution is 6.32. The quantitative estimate of drug-likeness (QED) is 0.568. The molecule has 6 nitrogen and oxygen atoms in total. The lowest BCUT2D eigenvalue weighted by molar-refractivity contribution is -0.117. The zero-order valence-electron chi connectivity index (χ0n) is 17.5. The van der Waals surface area contributed by atoms with Gasteiger partial charge in [-0.2, -0.15) is 0 Å². The summed E-state index contributed by atoms with van der Waals surface area (Å²) in [7, 11) is 6.60. The number of benzene rings is 3. The van der Waals surface area contributed by atoms with E-state index >= 15 is 0 Å². The Hall–Kier alpha value is -2.96. The summed E-state index contributed by atoms with van der Waals surface area (Å²) in [5, 5.41) is 5.52. The van der Waals surface area contributed by atoms with Crippen molar-refractivity contribution >= 4 is 34.0 Å². The summed E-state index contributed by atoms with van der Waals surface area (Å²) in [6.07, 6.45) is 0. The summed E-state index contributed by atoms with van der Waals surface area (Å²) in [4.78, 5) is 14.5. The lowest BCUT2D eigenvalue weighted by Gasteiger charge is -2.18. The average Bonchev–Trinajstić information content (AvgIpc) is 2.73. The summed E-state index contributed by atoms with van der Waals surface area (Å²) in [6, 6.07) is 15.5. The second-order valence-corrected chi connectivity index (χ2v) is 7.36. The number of carbonyl (C=O) groups excluding carboxylic acids is 1. The summed E-state index contributed by atoms with van der Waals surface area (Å²) in [5.74, 6) is 1.61. The number of ether oxygens (including phenoxy) is 3. The SMILES string of the molecule is COc1ccc2cc(CN(C)CC(=O)Nc3cc(OC)c(Cl)cc3OC)ccc2c1. The molecule has 0 fully saturated rings. The van der Waals surface area contributed by atoms with Crippen LogP contribution >= 0.6 is 11.6 Å². The highest BCUT2D eigenvalue weighted by atomic mass is 35.5. The number of carbonyl (C=O) groups is 1. The Kier molecular flexibility index (Phi) is 7.03. The molecule has 0 aromatic heterocycles. The fourth-order valence-corrected chi connectivity index (χ4v) is 3.49. The minimum Gasteiger partial charge on any atom is -0.497 e. The molecule has 0 radical (unpaired) electrons. The third-order valence-corrected chi connectivity index (χ3v) is 5.02. The van der Waals surface area contributed by atoms with Crippen LogP contribution < -0.4 is 19.5 Å². The van der Waals surface area contributed by atoms with E-state index in [9.17, 15) is 4.79 Å². The highest BCUT2D eigenvalue weighted by Gasteiger charge is 2.14. The number of nitrogens with zero attached hydrogens (tertiary/aromatic N) is 1. The molecule has 3 rings (SSSR count). The van der Waals surface area contributed by atoms with Crippen LogP contribution in [0.4, 0.5) is 5.69 Å². The molecule has 30 heavy (non-hydrogen) atoms. The zero-order valence-corrected chi connectivity index (χ0v) is 18.2. The molecule has 158 valence electrons. The molecule has 0 aliphatic heterocycles. The monoisotopic (exact) mass is 428 g/mol. The number of methoxy groups -OCH3 is 3. The molecule has 0 atom stereocenters. The maximum absolute atomic E-state index is 12.6. The van der Waals surface area contributed by atoms with Gasteiger partial charge in [0.15, 0.2) is 0 Å². The van der Waals surface area contributed by atoms with E-state index < -0.39 is 0 Å². The second kappa shape index (κ2) is 9.69. The molecule has 0 heterocycles. The van der Waals surface area contributed by atoms with Gasteiger partial charge in [0.1, 0.15) is 17.2 Å².